The molecule has 29 heavy (non-hydrogen) atoms. The number of thioether (sulfide) groups is 1. The smallest absolute Gasteiger partial charge is 0.226 e. The molecule has 1 aromatic heterocycles. The molecule has 0 fully saturated rings. The molecule has 0 radical (unpaired) electrons. The number of benzene rings is 2. The molecule has 1 N–H and O–H groups in total. The molecule has 0 unspecified atom stereocenters. The minimum Gasteiger partial charge on any atom is -0.300 e. The highest BCUT2D eigenvalue weighted by Gasteiger charge is 2.12. The van der Waals surface area contributed by atoms with Crippen LogP contribution in [0.1, 0.15) is 34.3 Å². The van der Waals surface area contributed by atoms with Crippen LogP contribution >= 0.6 is 23.1 Å². The number of nitriles is 1. The molecular formula is C20H15FN4O2S2. The second-order valence-corrected chi connectivity index (χ2v) is 8.15. The highest BCUT2D eigenvalue weighted by molar-refractivity contribution is 8.00. The van der Waals surface area contributed by atoms with Gasteiger partial charge in [-0.25, -0.2) is 4.39 Å². The minimum absolute atomic E-state index is 0.00348. The summed E-state index contributed by atoms with van der Waals surface area (Å²) in [4.78, 5) is 24.1. The van der Waals surface area contributed by atoms with Crippen LogP contribution in [-0.4, -0.2) is 21.9 Å². The molecule has 3 rings (SSSR count). The third-order valence-electron chi connectivity index (χ3n) is 3.84. The Kier molecular flexibility index (Phi) is 7.05. The van der Waals surface area contributed by atoms with Gasteiger partial charge in [-0.05, 0) is 42.0 Å². The molecule has 0 aliphatic rings. The van der Waals surface area contributed by atoms with E-state index in [0.29, 0.717) is 26.4 Å². The van der Waals surface area contributed by atoms with E-state index in [1.807, 2.05) is 12.1 Å². The van der Waals surface area contributed by atoms with Crippen LogP contribution in [0.5, 0.6) is 0 Å². The Balaban J connectivity index is 1.45. The zero-order chi connectivity index (χ0) is 20.6. The fourth-order valence-electron chi connectivity index (χ4n) is 2.33. The lowest BCUT2D eigenvalue weighted by Gasteiger charge is -2.02. The molecule has 0 bridgehead atoms. The van der Waals surface area contributed by atoms with Gasteiger partial charge in [0.15, 0.2) is 10.1 Å². The molecule has 2 aromatic carbocycles. The van der Waals surface area contributed by atoms with E-state index in [-0.39, 0.29) is 24.5 Å². The standard InChI is InChI=1S/C20H15FN4O2S2/c21-16-7-5-15(6-8-16)17(26)9-10-18(27)23-19-24-25-20(29-19)28-12-14-3-1-13(11-22)2-4-14/h1-8H,9-10,12H2,(H,23,24,27). The maximum Gasteiger partial charge on any atom is 0.226 e. The van der Waals surface area contributed by atoms with E-state index in [4.69, 9.17) is 5.26 Å². The van der Waals surface area contributed by atoms with E-state index in [2.05, 4.69) is 21.6 Å². The predicted molar refractivity (Wildman–Crippen MR) is 109 cm³/mol. The van der Waals surface area contributed by atoms with Crippen molar-refractivity contribution in [2.75, 3.05) is 5.32 Å². The van der Waals surface area contributed by atoms with Crippen LogP contribution in [0.3, 0.4) is 0 Å². The van der Waals surface area contributed by atoms with Crippen molar-refractivity contribution in [3.05, 3.63) is 71.0 Å². The first-order chi connectivity index (χ1) is 14.0. The van der Waals surface area contributed by atoms with Crippen molar-refractivity contribution in [2.45, 2.75) is 22.9 Å². The number of ketones is 1. The van der Waals surface area contributed by atoms with E-state index >= 15 is 0 Å². The molecule has 146 valence electrons. The predicted octanol–water partition coefficient (Wildman–Crippen LogP) is 4.44. The minimum atomic E-state index is -0.414. The summed E-state index contributed by atoms with van der Waals surface area (Å²) < 4.78 is 13.6. The Labute approximate surface area is 174 Å². The molecule has 3 aromatic rings. The molecule has 0 saturated carbocycles. The fourth-order valence-corrected chi connectivity index (χ4v) is 4.05. The Morgan fingerprint density at radius 3 is 2.48 bits per heavy atom. The van der Waals surface area contributed by atoms with Crippen LogP contribution in [-0.2, 0) is 10.5 Å². The van der Waals surface area contributed by atoms with Gasteiger partial charge in [-0.3, -0.25) is 9.59 Å². The van der Waals surface area contributed by atoms with Crippen LogP contribution in [0, 0.1) is 17.1 Å². The van der Waals surface area contributed by atoms with Crippen molar-refractivity contribution in [3.8, 4) is 6.07 Å². The average Bonchev–Trinajstić information content (AvgIpc) is 3.18. The average molecular weight is 426 g/mol. The largest absolute Gasteiger partial charge is 0.300 e. The number of aromatic nitrogens is 2. The first-order valence-corrected chi connectivity index (χ1v) is 10.4. The molecule has 0 spiro atoms. The van der Waals surface area contributed by atoms with E-state index < -0.39 is 5.82 Å². The lowest BCUT2D eigenvalue weighted by atomic mass is 10.1. The summed E-state index contributed by atoms with van der Waals surface area (Å²) in [6, 6.07) is 14.6. The van der Waals surface area contributed by atoms with Gasteiger partial charge in [-0.2, -0.15) is 5.26 Å². The van der Waals surface area contributed by atoms with Gasteiger partial charge in [-0.15, -0.1) is 10.2 Å². The van der Waals surface area contributed by atoms with Crippen molar-refractivity contribution in [1.82, 2.24) is 10.2 Å². The summed E-state index contributed by atoms with van der Waals surface area (Å²) in [5.74, 6) is -0.305. The van der Waals surface area contributed by atoms with Gasteiger partial charge >= 0.3 is 0 Å². The van der Waals surface area contributed by atoms with Crippen LogP contribution in [0.2, 0.25) is 0 Å². The molecule has 1 amide bonds. The quantitative estimate of drug-likeness (QED) is 0.325. The summed E-state index contributed by atoms with van der Waals surface area (Å²) in [7, 11) is 0. The van der Waals surface area contributed by atoms with Crippen LogP contribution in [0.25, 0.3) is 0 Å². The monoisotopic (exact) mass is 426 g/mol. The van der Waals surface area contributed by atoms with Crippen molar-refractivity contribution in [2.24, 2.45) is 0 Å². The highest BCUT2D eigenvalue weighted by atomic mass is 32.2. The fraction of sp³-hybridized carbons (Fsp3) is 0.150. The van der Waals surface area contributed by atoms with Crippen LogP contribution < -0.4 is 5.32 Å². The number of hydrogen-bond donors (Lipinski definition) is 1. The normalized spacial score (nSPS) is 10.3. The van der Waals surface area contributed by atoms with Gasteiger partial charge in [-0.1, -0.05) is 35.2 Å². The SMILES string of the molecule is N#Cc1ccc(CSc2nnc(NC(=O)CCC(=O)c3ccc(F)cc3)s2)cc1. The zero-order valence-corrected chi connectivity index (χ0v) is 16.7. The van der Waals surface area contributed by atoms with Crippen molar-refractivity contribution in [1.29, 1.82) is 5.26 Å². The van der Waals surface area contributed by atoms with Crippen LogP contribution in [0.4, 0.5) is 9.52 Å². The third-order valence-corrected chi connectivity index (χ3v) is 5.89. The van der Waals surface area contributed by atoms with Crippen molar-refractivity contribution in [3.63, 3.8) is 0 Å². The Morgan fingerprint density at radius 1 is 1.07 bits per heavy atom. The van der Waals surface area contributed by atoms with Crippen molar-refractivity contribution < 1.29 is 14.0 Å². The Hall–Kier alpha value is -3.09. The van der Waals surface area contributed by atoms with E-state index in [9.17, 15) is 14.0 Å². The number of rotatable bonds is 8. The molecular weight excluding hydrogens is 411 g/mol. The Morgan fingerprint density at radius 2 is 1.79 bits per heavy atom. The number of Topliss-reactive ketones (excluding diaryl/α,β-unsaturated/α-hetero) is 1. The van der Waals surface area contributed by atoms with Gasteiger partial charge in [0.1, 0.15) is 5.82 Å². The molecule has 1 heterocycles. The third kappa shape index (κ3) is 6.20. The molecule has 0 aliphatic carbocycles. The van der Waals surface area contributed by atoms with E-state index in [1.54, 1.807) is 12.1 Å². The van der Waals surface area contributed by atoms with Gasteiger partial charge in [0, 0.05) is 24.2 Å². The van der Waals surface area contributed by atoms with Crippen LogP contribution in [0.15, 0.2) is 52.9 Å². The number of nitrogens with one attached hydrogen (secondary N) is 1. The van der Waals surface area contributed by atoms with Gasteiger partial charge in [0.25, 0.3) is 0 Å². The maximum atomic E-state index is 12.9. The number of nitrogens with zero attached hydrogens (tertiary/aromatic N) is 3. The maximum absolute atomic E-state index is 12.9. The summed E-state index contributed by atoms with van der Waals surface area (Å²) in [5, 5.41) is 19.8. The Bertz CT molecular complexity index is 1040. The number of amides is 1. The lowest BCUT2D eigenvalue weighted by Crippen LogP contribution is -2.13. The number of halogens is 1. The molecule has 0 aliphatic heterocycles. The lowest BCUT2D eigenvalue weighted by molar-refractivity contribution is -0.116. The first-order valence-electron chi connectivity index (χ1n) is 8.57. The molecule has 6 nitrogen and oxygen atoms in total. The second-order valence-electron chi connectivity index (χ2n) is 5.95. The molecule has 0 saturated heterocycles. The topological polar surface area (TPSA) is 95.7 Å². The molecule has 0 atom stereocenters. The summed E-state index contributed by atoms with van der Waals surface area (Å²) in [5.41, 5.74) is 2.03. The zero-order valence-electron chi connectivity index (χ0n) is 15.1. The van der Waals surface area contributed by atoms with E-state index in [0.717, 1.165) is 5.56 Å². The molecule has 9 heteroatoms. The van der Waals surface area contributed by atoms with Gasteiger partial charge < -0.3 is 5.32 Å². The van der Waals surface area contributed by atoms with Crippen molar-refractivity contribution >= 4 is 39.9 Å². The summed E-state index contributed by atoms with van der Waals surface area (Å²) in [6.45, 7) is 0. The summed E-state index contributed by atoms with van der Waals surface area (Å²) >= 11 is 2.73. The number of carbonyl (C=O) groups excluding carboxylic acids is 2. The summed E-state index contributed by atoms with van der Waals surface area (Å²) in [6.07, 6.45) is 0.0279. The van der Waals surface area contributed by atoms with Gasteiger partial charge in [0.05, 0.1) is 11.6 Å². The number of hydrogen-bond acceptors (Lipinski definition) is 7. The number of anilines is 1. The van der Waals surface area contributed by atoms with E-state index in [1.165, 1.54) is 47.4 Å². The van der Waals surface area contributed by atoms with Gasteiger partial charge in [0.2, 0.25) is 11.0 Å². The first kappa shape index (κ1) is 20.6. The number of carbonyl (C=O) groups is 2. The second kappa shape index (κ2) is 9.91. The highest BCUT2D eigenvalue weighted by Crippen LogP contribution is 2.28.